The summed E-state index contributed by atoms with van der Waals surface area (Å²) in [7, 11) is 0. The Morgan fingerprint density at radius 3 is 2.58 bits per heavy atom. The maximum absolute atomic E-state index is 11.9. The van der Waals surface area contributed by atoms with Crippen molar-refractivity contribution in [2.24, 2.45) is 0 Å². The first-order valence-corrected chi connectivity index (χ1v) is 5.42. The van der Waals surface area contributed by atoms with Crippen LogP contribution < -0.4 is 5.43 Å². The lowest BCUT2D eigenvalue weighted by molar-refractivity contribution is 0.404. The molecule has 0 spiro atoms. The van der Waals surface area contributed by atoms with Gasteiger partial charge in [0.1, 0.15) is 5.76 Å². The molecule has 2 aromatic heterocycles. The summed E-state index contributed by atoms with van der Waals surface area (Å²) in [6.45, 7) is 0. The average molecular weight is 256 g/mol. The molecule has 0 amide bonds. The molecular formula is C13H8N2O4. The highest BCUT2D eigenvalue weighted by molar-refractivity contribution is 5.71. The predicted molar refractivity (Wildman–Crippen MR) is 66.8 cm³/mol. The lowest BCUT2D eigenvalue weighted by Gasteiger charge is -2.03. The van der Waals surface area contributed by atoms with Crippen LogP contribution in [0.2, 0.25) is 0 Å². The molecule has 0 aliphatic rings. The molecule has 19 heavy (non-hydrogen) atoms. The van der Waals surface area contributed by atoms with Gasteiger partial charge in [-0.1, -0.05) is 0 Å². The van der Waals surface area contributed by atoms with Crippen molar-refractivity contribution in [3.63, 3.8) is 0 Å². The summed E-state index contributed by atoms with van der Waals surface area (Å²) in [6.07, 6.45) is 2.83. The number of hydrogen-bond acceptors (Lipinski definition) is 6. The van der Waals surface area contributed by atoms with Crippen molar-refractivity contribution in [1.82, 2.24) is 9.97 Å². The van der Waals surface area contributed by atoms with E-state index in [0.29, 0.717) is 5.56 Å². The lowest BCUT2D eigenvalue weighted by Crippen LogP contribution is -2.03. The number of phenols is 2. The van der Waals surface area contributed by atoms with Gasteiger partial charge in [0.25, 0.3) is 0 Å². The van der Waals surface area contributed by atoms with Crippen molar-refractivity contribution < 1.29 is 14.6 Å². The average Bonchev–Trinajstić information content (AvgIpc) is 2.42. The van der Waals surface area contributed by atoms with E-state index in [4.69, 9.17) is 4.42 Å². The quantitative estimate of drug-likeness (QED) is 0.643. The zero-order valence-electron chi connectivity index (χ0n) is 9.57. The van der Waals surface area contributed by atoms with Crippen LogP contribution in [0.1, 0.15) is 0 Å². The van der Waals surface area contributed by atoms with Crippen molar-refractivity contribution in [2.45, 2.75) is 0 Å². The molecule has 0 unspecified atom stereocenters. The van der Waals surface area contributed by atoms with Crippen LogP contribution in [0.4, 0.5) is 0 Å². The molecule has 2 heterocycles. The first kappa shape index (κ1) is 11.2. The van der Waals surface area contributed by atoms with Gasteiger partial charge in [-0.25, -0.2) is 9.97 Å². The second kappa shape index (κ2) is 4.09. The van der Waals surface area contributed by atoms with Crippen LogP contribution in [0, 0.1) is 0 Å². The van der Waals surface area contributed by atoms with Crippen molar-refractivity contribution in [2.75, 3.05) is 0 Å². The molecule has 94 valence electrons. The van der Waals surface area contributed by atoms with Gasteiger partial charge in [0.15, 0.2) is 17.0 Å². The first-order valence-electron chi connectivity index (χ1n) is 5.42. The minimum atomic E-state index is -0.322. The summed E-state index contributed by atoms with van der Waals surface area (Å²) in [5.74, 6) is -0.292. The topological polar surface area (TPSA) is 96.5 Å². The van der Waals surface area contributed by atoms with Gasteiger partial charge < -0.3 is 14.6 Å². The summed E-state index contributed by atoms with van der Waals surface area (Å²) in [5.41, 5.74) is 0.406. The van der Waals surface area contributed by atoms with Crippen LogP contribution in [0.3, 0.4) is 0 Å². The fraction of sp³-hybridized carbons (Fsp3) is 0. The highest BCUT2D eigenvalue weighted by Crippen LogP contribution is 2.30. The molecule has 0 saturated heterocycles. The summed E-state index contributed by atoms with van der Waals surface area (Å²) in [5, 5.41) is 18.7. The van der Waals surface area contributed by atoms with Gasteiger partial charge in [0.2, 0.25) is 11.1 Å². The molecule has 6 nitrogen and oxygen atoms in total. The molecule has 0 aliphatic carbocycles. The van der Waals surface area contributed by atoms with Gasteiger partial charge in [-0.05, 0) is 18.2 Å². The van der Waals surface area contributed by atoms with Gasteiger partial charge in [-0.15, -0.1) is 0 Å². The first-order chi connectivity index (χ1) is 9.15. The molecular weight excluding hydrogens is 248 g/mol. The van der Waals surface area contributed by atoms with E-state index in [9.17, 15) is 15.0 Å². The van der Waals surface area contributed by atoms with E-state index in [1.807, 2.05) is 0 Å². The Morgan fingerprint density at radius 1 is 1.00 bits per heavy atom. The molecule has 0 radical (unpaired) electrons. The van der Waals surface area contributed by atoms with Gasteiger partial charge in [-0.2, -0.15) is 0 Å². The maximum atomic E-state index is 11.9. The lowest BCUT2D eigenvalue weighted by atomic mass is 10.1. The molecule has 0 aliphatic heterocycles. The van der Waals surface area contributed by atoms with E-state index in [0.717, 1.165) is 0 Å². The second-order valence-electron chi connectivity index (χ2n) is 3.89. The third kappa shape index (κ3) is 1.89. The standard InChI is InChI=1S/C13H8N2O4/c16-8-2-1-7(5-9(8)17)11-6-10(18)12-13(19-11)15-4-3-14-12/h1-6,16-17H. The Hall–Kier alpha value is -2.89. The van der Waals surface area contributed by atoms with Gasteiger partial charge in [0, 0.05) is 24.0 Å². The Labute approximate surface area is 106 Å². The molecule has 0 saturated carbocycles. The third-order valence-electron chi connectivity index (χ3n) is 2.63. The zero-order chi connectivity index (χ0) is 13.4. The zero-order valence-corrected chi connectivity index (χ0v) is 9.57. The van der Waals surface area contributed by atoms with Gasteiger partial charge in [-0.3, -0.25) is 4.79 Å². The third-order valence-corrected chi connectivity index (χ3v) is 2.63. The maximum Gasteiger partial charge on any atom is 0.249 e. The summed E-state index contributed by atoms with van der Waals surface area (Å²) >= 11 is 0. The minimum Gasteiger partial charge on any atom is -0.504 e. The minimum absolute atomic E-state index is 0.123. The van der Waals surface area contributed by atoms with Crippen LogP contribution in [-0.4, -0.2) is 20.2 Å². The summed E-state index contributed by atoms with van der Waals surface area (Å²) < 4.78 is 5.46. The molecule has 0 fully saturated rings. The second-order valence-corrected chi connectivity index (χ2v) is 3.89. The molecule has 6 heteroatoms. The van der Waals surface area contributed by atoms with Crippen molar-refractivity contribution >= 4 is 11.2 Å². The Bertz CT molecular complexity index is 826. The number of aromatic nitrogens is 2. The fourth-order valence-corrected chi connectivity index (χ4v) is 1.71. The smallest absolute Gasteiger partial charge is 0.249 e. The van der Waals surface area contributed by atoms with Crippen molar-refractivity contribution in [1.29, 1.82) is 0 Å². The van der Waals surface area contributed by atoms with Crippen LogP contribution >= 0.6 is 0 Å². The largest absolute Gasteiger partial charge is 0.504 e. The van der Waals surface area contributed by atoms with E-state index in [2.05, 4.69) is 9.97 Å². The van der Waals surface area contributed by atoms with Gasteiger partial charge >= 0.3 is 0 Å². The number of rotatable bonds is 1. The molecule has 0 bridgehead atoms. The predicted octanol–water partition coefficient (Wildman–Crippen LogP) is 1.66. The number of benzene rings is 1. The monoisotopic (exact) mass is 256 g/mol. The van der Waals surface area contributed by atoms with Crippen LogP contribution in [-0.2, 0) is 0 Å². The molecule has 1 aromatic carbocycles. The molecule has 3 aromatic rings. The number of nitrogens with zero attached hydrogens (tertiary/aromatic N) is 2. The highest BCUT2D eigenvalue weighted by atomic mass is 16.3. The number of phenolic OH excluding ortho intramolecular Hbond substituents is 2. The van der Waals surface area contributed by atoms with Crippen LogP contribution in [0.25, 0.3) is 22.6 Å². The van der Waals surface area contributed by atoms with Crippen molar-refractivity contribution in [3.05, 3.63) is 46.9 Å². The Kier molecular flexibility index (Phi) is 2.42. The van der Waals surface area contributed by atoms with Crippen molar-refractivity contribution in [3.8, 4) is 22.8 Å². The van der Waals surface area contributed by atoms with E-state index in [1.165, 1.54) is 36.7 Å². The SMILES string of the molecule is O=c1cc(-c2ccc(O)c(O)c2)oc2nccnc12. The molecule has 3 rings (SSSR count). The number of hydrogen-bond donors (Lipinski definition) is 2. The molecule has 2 N–H and O–H groups in total. The Balaban J connectivity index is 2.25. The number of aromatic hydroxyl groups is 2. The Morgan fingerprint density at radius 2 is 1.79 bits per heavy atom. The summed E-state index contributed by atoms with van der Waals surface area (Å²) in [4.78, 5) is 19.7. The van der Waals surface area contributed by atoms with E-state index in [1.54, 1.807) is 0 Å². The number of fused-ring (bicyclic) bond motifs is 1. The summed E-state index contributed by atoms with van der Waals surface area (Å²) in [6, 6.07) is 5.40. The van der Waals surface area contributed by atoms with Gasteiger partial charge in [0.05, 0.1) is 0 Å². The van der Waals surface area contributed by atoms with E-state index >= 15 is 0 Å². The highest BCUT2D eigenvalue weighted by Gasteiger charge is 2.10. The van der Waals surface area contributed by atoms with Crippen LogP contribution in [0.5, 0.6) is 11.5 Å². The fourth-order valence-electron chi connectivity index (χ4n) is 1.71. The van der Waals surface area contributed by atoms with E-state index in [-0.39, 0.29) is 33.9 Å². The normalized spacial score (nSPS) is 10.7. The molecule has 0 atom stereocenters. The van der Waals surface area contributed by atoms with Crippen LogP contribution in [0.15, 0.2) is 45.9 Å². The van der Waals surface area contributed by atoms with E-state index < -0.39 is 0 Å².